The fraction of sp³-hybridized carbons (Fsp3) is 0.250. The summed E-state index contributed by atoms with van der Waals surface area (Å²) < 4.78 is 37.0. The van der Waals surface area contributed by atoms with E-state index in [0.717, 1.165) is 0 Å². The molecule has 78 valence electrons. The van der Waals surface area contributed by atoms with E-state index in [1.54, 1.807) is 0 Å². The number of alkyl halides is 3. The predicted molar refractivity (Wildman–Crippen MR) is 51.5 cm³/mol. The van der Waals surface area contributed by atoms with Gasteiger partial charge in [0.2, 0.25) is 0 Å². The van der Waals surface area contributed by atoms with Crippen molar-refractivity contribution in [1.29, 1.82) is 0 Å². The Kier molecular flexibility index (Phi) is 3.06. The zero-order valence-corrected chi connectivity index (χ0v) is 8.56. The van der Waals surface area contributed by atoms with Crippen LogP contribution >= 0.6 is 15.9 Å². The Morgan fingerprint density at radius 3 is 2.29 bits per heavy atom. The van der Waals surface area contributed by atoms with E-state index in [1.165, 1.54) is 18.2 Å². The van der Waals surface area contributed by atoms with Gasteiger partial charge in [-0.15, -0.1) is 0 Å². The first-order valence-electron chi connectivity index (χ1n) is 3.69. The maximum atomic E-state index is 12.2. The Balaban J connectivity index is 3.03. The van der Waals surface area contributed by atoms with Crippen molar-refractivity contribution < 1.29 is 13.2 Å². The molecule has 0 heterocycles. The van der Waals surface area contributed by atoms with Gasteiger partial charge in [0.15, 0.2) is 0 Å². The Labute approximate surface area is 87.2 Å². The van der Waals surface area contributed by atoms with Crippen LogP contribution in [0.5, 0.6) is 0 Å². The van der Waals surface area contributed by atoms with Crippen molar-refractivity contribution in [3.05, 3.63) is 28.2 Å². The minimum Gasteiger partial charge on any atom is -0.398 e. The maximum absolute atomic E-state index is 12.2. The van der Waals surface area contributed by atoms with Crippen molar-refractivity contribution in [2.24, 2.45) is 5.73 Å². The van der Waals surface area contributed by atoms with Crippen LogP contribution in [-0.4, -0.2) is 6.18 Å². The van der Waals surface area contributed by atoms with Crippen molar-refractivity contribution in [3.63, 3.8) is 0 Å². The first kappa shape index (κ1) is 11.3. The minimum atomic E-state index is -4.43. The molecule has 0 fully saturated rings. The molecule has 1 aromatic rings. The average molecular weight is 269 g/mol. The highest BCUT2D eigenvalue weighted by Gasteiger charge is 2.37. The van der Waals surface area contributed by atoms with E-state index in [1.807, 2.05) is 0 Å². The van der Waals surface area contributed by atoms with Gasteiger partial charge in [-0.3, -0.25) is 0 Å². The van der Waals surface area contributed by atoms with Gasteiger partial charge in [-0.1, -0.05) is 6.07 Å². The van der Waals surface area contributed by atoms with Crippen molar-refractivity contribution in [2.75, 3.05) is 5.73 Å². The largest absolute Gasteiger partial charge is 0.407 e. The summed E-state index contributed by atoms with van der Waals surface area (Å²) in [7, 11) is 0. The molecular weight excluding hydrogens is 261 g/mol. The average Bonchev–Trinajstić information content (AvgIpc) is 2.07. The molecule has 0 spiro atoms. The van der Waals surface area contributed by atoms with Gasteiger partial charge < -0.3 is 11.5 Å². The number of benzene rings is 1. The Hall–Kier alpha value is -0.750. The van der Waals surface area contributed by atoms with E-state index in [9.17, 15) is 13.2 Å². The Morgan fingerprint density at radius 1 is 1.29 bits per heavy atom. The predicted octanol–water partition coefficient (Wildman–Crippen LogP) is 2.59. The number of anilines is 1. The van der Waals surface area contributed by atoms with Gasteiger partial charge in [0.1, 0.15) is 6.04 Å². The zero-order valence-electron chi connectivity index (χ0n) is 6.98. The van der Waals surface area contributed by atoms with Crippen LogP contribution in [0, 0.1) is 0 Å². The quantitative estimate of drug-likeness (QED) is 0.770. The molecule has 0 aromatic heterocycles. The van der Waals surface area contributed by atoms with Crippen molar-refractivity contribution in [1.82, 2.24) is 0 Å². The highest BCUT2D eigenvalue weighted by atomic mass is 79.9. The molecule has 2 nitrogen and oxygen atoms in total. The van der Waals surface area contributed by atoms with E-state index < -0.39 is 12.2 Å². The first-order chi connectivity index (χ1) is 6.32. The molecular formula is C8H8BrF3N2. The molecule has 0 amide bonds. The highest BCUT2D eigenvalue weighted by Crippen LogP contribution is 2.32. The van der Waals surface area contributed by atoms with Crippen molar-refractivity contribution >= 4 is 21.6 Å². The van der Waals surface area contributed by atoms with E-state index in [4.69, 9.17) is 11.5 Å². The standard InChI is InChI=1S/C8H8BrF3N2/c9-5-3-4(1-2-6(5)13)7(14)8(10,11)12/h1-3,7H,13-14H2/t7-/m1/s1. The van der Waals surface area contributed by atoms with Crippen LogP contribution < -0.4 is 11.5 Å². The molecule has 0 radical (unpaired) electrons. The molecule has 1 rings (SSSR count). The zero-order chi connectivity index (χ0) is 10.9. The Morgan fingerprint density at radius 2 is 1.86 bits per heavy atom. The fourth-order valence-electron chi connectivity index (χ4n) is 0.926. The second-order valence-corrected chi connectivity index (χ2v) is 3.65. The molecule has 0 saturated carbocycles. The topological polar surface area (TPSA) is 52.0 Å². The third-order valence-electron chi connectivity index (χ3n) is 1.74. The number of rotatable bonds is 1. The number of nitrogen functional groups attached to an aromatic ring is 1. The van der Waals surface area contributed by atoms with Crippen LogP contribution in [0.4, 0.5) is 18.9 Å². The minimum absolute atomic E-state index is 0.0152. The van der Waals surface area contributed by atoms with Crippen LogP contribution in [0.2, 0.25) is 0 Å². The van der Waals surface area contributed by atoms with Crippen LogP contribution in [0.25, 0.3) is 0 Å². The molecule has 0 aliphatic heterocycles. The van der Waals surface area contributed by atoms with Crippen molar-refractivity contribution in [3.8, 4) is 0 Å². The molecule has 0 saturated heterocycles. The van der Waals surface area contributed by atoms with Crippen LogP contribution in [0.15, 0.2) is 22.7 Å². The lowest BCUT2D eigenvalue weighted by Gasteiger charge is -2.16. The fourth-order valence-corrected chi connectivity index (χ4v) is 1.32. The lowest BCUT2D eigenvalue weighted by atomic mass is 10.1. The molecule has 14 heavy (non-hydrogen) atoms. The van der Waals surface area contributed by atoms with Gasteiger partial charge in [-0.05, 0) is 33.6 Å². The van der Waals surface area contributed by atoms with E-state index >= 15 is 0 Å². The summed E-state index contributed by atoms with van der Waals surface area (Å²) in [6, 6.07) is 1.94. The maximum Gasteiger partial charge on any atom is 0.407 e. The van der Waals surface area contributed by atoms with Gasteiger partial charge in [0.05, 0.1) is 0 Å². The molecule has 1 aromatic carbocycles. The Bertz CT molecular complexity index is 338. The van der Waals surface area contributed by atoms with E-state index in [0.29, 0.717) is 10.2 Å². The summed E-state index contributed by atoms with van der Waals surface area (Å²) in [5.41, 5.74) is 10.8. The number of nitrogens with two attached hydrogens (primary N) is 2. The highest BCUT2D eigenvalue weighted by molar-refractivity contribution is 9.10. The van der Waals surface area contributed by atoms with Gasteiger partial charge in [0.25, 0.3) is 0 Å². The van der Waals surface area contributed by atoms with Crippen molar-refractivity contribution in [2.45, 2.75) is 12.2 Å². The number of halogens is 4. The third-order valence-corrected chi connectivity index (χ3v) is 2.42. The lowest BCUT2D eigenvalue weighted by Crippen LogP contribution is -2.28. The monoisotopic (exact) mass is 268 g/mol. The van der Waals surface area contributed by atoms with E-state index in [2.05, 4.69) is 15.9 Å². The molecule has 6 heteroatoms. The summed E-state index contributed by atoms with van der Waals surface area (Å²) in [4.78, 5) is 0. The third kappa shape index (κ3) is 2.39. The first-order valence-corrected chi connectivity index (χ1v) is 4.49. The number of hydrogen-bond donors (Lipinski definition) is 2. The molecule has 0 aliphatic carbocycles. The summed E-state index contributed by atoms with van der Waals surface area (Å²) in [5, 5.41) is 0. The molecule has 4 N–H and O–H groups in total. The van der Waals surface area contributed by atoms with Crippen LogP contribution in [0.1, 0.15) is 11.6 Å². The van der Waals surface area contributed by atoms with E-state index in [-0.39, 0.29) is 5.56 Å². The van der Waals surface area contributed by atoms with Gasteiger partial charge >= 0.3 is 6.18 Å². The molecule has 1 atom stereocenters. The smallest absolute Gasteiger partial charge is 0.398 e. The SMILES string of the molecule is Nc1ccc([C@@H](N)C(F)(F)F)cc1Br. The summed E-state index contributed by atoms with van der Waals surface area (Å²) >= 11 is 3.03. The van der Waals surface area contributed by atoms with Crippen LogP contribution in [-0.2, 0) is 0 Å². The summed E-state index contributed by atoms with van der Waals surface area (Å²) in [6.07, 6.45) is -4.43. The van der Waals surface area contributed by atoms with Gasteiger partial charge in [0, 0.05) is 10.2 Å². The second-order valence-electron chi connectivity index (χ2n) is 2.80. The summed E-state index contributed by atoms with van der Waals surface area (Å²) in [5.74, 6) is 0. The normalized spacial score (nSPS) is 14.1. The van der Waals surface area contributed by atoms with Crippen LogP contribution in [0.3, 0.4) is 0 Å². The summed E-state index contributed by atoms with van der Waals surface area (Å²) in [6.45, 7) is 0. The lowest BCUT2D eigenvalue weighted by molar-refractivity contribution is -0.149. The van der Waals surface area contributed by atoms with Gasteiger partial charge in [-0.2, -0.15) is 13.2 Å². The molecule has 0 aliphatic rings. The second kappa shape index (κ2) is 3.78. The van der Waals surface area contributed by atoms with Gasteiger partial charge in [-0.25, -0.2) is 0 Å². The molecule has 0 unspecified atom stereocenters. The molecule has 0 bridgehead atoms. The number of hydrogen-bond acceptors (Lipinski definition) is 2.